The fourth-order valence-electron chi connectivity index (χ4n) is 2.76. The highest BCUT2D eigenvalue weighted by Gasteiger charge is 2.56. The Morgan fingerprint density at radius 2 is 1.58 bits per heavy atom. The van der Waals surface area contributed by atoms with Crippen LogP contribution in [0.25, 0.3) is 0 Å². The number of para-hydroxylation sites is 1. The lowest BCUT2D eigenvalue weighted by Gasteiger charge is -2.17. The number of benzene rings is 2. The molecule has 0 radical (unpaired) electrons. The molecule has 1 saturated carbocycles. The topological polar surface area (TPSA) is 76.7 Å². The second-order valence-corrected chi connectivity index (χ2v) is 6.97. The van der Waals surface area contributed by atoms with Gasteiger partial charge in [-0.05, 0) is 37.1 Å². The van der Waals surface area contributed by atoms with Crippen molar-refractivity contribution >= 4 is 46.4 Å². The van der Waals surface area contributed by atoms with Gasteiger partial charge in [0.1, 0.15) is 5.41 Å². The molecule has 2 aliphatic rings. The summed E-state index contributed by atoms with van der Waals surface area (Å²) in [6.07, 6.45) is 0.911. The molecule has 1 aliphatic carbocycles. The van der Waals surface area contributed by atoms with E-state index in [1.807, 2.05) is 0 Å². The van der Waals surface area contributed by atoms with E-state index in [2.05, 4.69) is 10.6 Å². The first-order valence-electron chi connectivity index (χ1n) is 7.96. The first-order chi connectivity index (χ1) is 12.5. The van der Waals surface area contributed by atoms with Crippen molar-refractivity contribution < 1.29 is 19.1 Å². The van der Waals surface area contributed by atoms with Gasteiger partial charge in [0.25, 0.3) is 0 Å². The number of carbonyl (C=O) groups is 2. The third-order valence-electron chi connectivity index (χ3n) is 4.45. The molecule has 1 heterocycles. The van der Waals surface area contributed by atoms with Crippen molar-refractivity contribution in [2.24, 2.45) is 5.41 Å². The minimum Gasteiger partial charge on any atom is -0.454 e. The largest absolute Gasteiger partial charge is 0.454 e. The van der Waals surface area contributed by atoms with E-state index in [1.54, 1.807) is 36.4 Å². The summed E-state index contributed by atoms with van der Waals surface area (Å²) < 4.78 is 10.5. The van der Waals surface area contributed by atoms with Crippen molar-refractivity contribution in [1.29, 1.82) is 0 Å². The molecule has 134 valence electrons. The van der Waals surface area contributed by atoms with Gasteiger partial charge in [0.05, 0.1) is 15.7 Å². The van der Waals surface area contributed by atoms with Crippen molar-refractivity contribution in [3.8, 4) is 11.5 Å². The van der Waals surface area contributed by atoms with Gasteiger partial charge >= 0.3 is 0 Å². The molecule has 0 aromatic heterocycles. The number of nitrogens with one attached hydrogen (secondary N) is 2. The number of hydrogen-bond acceptors (Lipinski definition) is 4. The molecule has 0 atom stereocenters. The van der Waals surface area contributed by atoms with E-state index in [-0.39, 0.29) is 12.7 Å². The van der Waals surface area contributed by atoms with Crippen LogP contribution in [0.4, 0.5) is 11.4 Å². The van der Waals surface area contributed by atoms with Crippen LogP contribution in [-0.2, 0) is 9.59 Å². The monoisotopic (exact) mass is 392 g/mol. The summed E-state index contributed by atoms with van der Waals surface area (Å²) in [5, 5.41) is 6.09. The molecule has 0 unspecified atom stereocenters. The van der Waals surface area contributed by atoms with E-state index in [4.69, 9.17) is 32.7 Å². The molecule has 2 aromatic rings. The molecule has 4 rings (SSSR count). The first kappa shape index (κ1) is 17.0. The zero-order valence-electron chi connectivity index (χ0n) is 13.5. The number of hydrogen-bond donors (Lipinski definition) is 2. The third kappa shape index (κ3) is 2.95. The normalized spacial score (nSPS) is 16.1. The maximum absolute atomic E-state index is 12.7. The van der Waals surface area contributed by atoms with E-state index >= 15 is 0 Å². The molecule has 0 spiro atoms. The van der Waals surface area contributed by atoms with Gasteiger partial charge in [-0.25, -0.2) is 0 Å². The van der Waals surface area contributed by atoms with Crippen molar-refractivity contribution in [3.63, 3.8) is 0 Å². The lowest BCUT2D eigenvalue weighted by Crippen LogP contribution is -2.35. The lowest BCUT2D eigenvalue weighted by molar-refractivity contribution is -0.131. The highest BCUT2D eigenvalue weighted by Crippen LogP contribution is 2.48. The SMILES string of the molecule is O=C(Nc1ccc2c(c1)OCO2)C1(C(=O)Nc2c(Cl)cccc2Cl)CC1. The number of ether oxygens (including phenoxy) is 2. The smallest absolute Gasteiger partial charge is 0.240 e. The molecule has 1 aliphatic heterocycles. The average molecular weight is 393 g/mol. The highest BCUT2D eigenvalue weighted by molar-refractivity contribution is 6.40. The molecule has 26 heavy (non-hydrogen) atoms. The minimum absolute atomic E-state index is 0.150. The van der Waals surface area contributed by atoms with Crippen molar-refractivity contribution in [1.82, 2.24) is 0 Å². The quantitative estimate of drug-likeness (QED) is 0.768. The van der Waals surface area contributed by atoms with Crippen molar-refractivity contribution in [2.75, 3.05) is 17.4 Å². The molecule has 0 bridgehead atoms. The molecule has 2 aromatic carbocycles. The van der Waals surface area contributed by atoms with Crippen molar-refractivity contribution in [2.45, 2.75) is 12.8 Å². The number of carbonyl (C=O) groups excluding carboxylic acids is 2. The van der Waals surface area contributed by atoms with Crippen LogP contribution in [0.3, 0.4) is 0 Å². The second kappa shape index (κ2) is 6.37. The van der Waals surface area contributed by atoms with E-state index < -0.39 is 11.3 Å². The zero-order chi connectivity index (χ0) is 18.3. The fourth-order valence-corrected chi connectivity index (χ4v) is 3.25. The summed E-state index contributed by atoms with van der Waals surface area (Å²) in [5.74, 6) is 0.373. The summed E-state index contributed by atoms with van der Waals surface area (Å²) >= 11 is 12.2. The van der Waals surface area contributed by atoms with Crippen LogP contribution in [0, 0.1) is 5.41 Å². The molecular weight excluding hydrogens is 379 g/mol. The van der Waals surface area contributed by atoms with Crippen LogP contribution in [0.5, 0.6) is 11.5 Å². The van der Waals surface area contributed by atoms with Crippen LogP contribution in [0.2, 0.25) is 10.0 Å². The minimum atomic E-state index is -1.13. The average Bonchev–Trinajstić information content (AvgIpc) is 3.31. The zero-order valence-corrected chi connectivity index (χ0v) is 15.0. The lowest BCUT2D eigenvalue weighted by atomic mass is 10.0. The molecular formula is C18H14Cl2N2O4. The number of rotatable bonds is 4. The van der Waals surface area contributed by atoms with E-state index in [0.717, 1.165) is 0 Å². The van der Waals surface area contributed by atoms with E-state index in [9.17, 15) is 9.59 Å². The Bertz CT molecular complexity index is 892. The summed E-state index contributed by atoms with van der Waals surface area (Å²) in [7, 11) is 0. The Labute approximate surface area is 159 Å². The fraction of sp³-hybridized carbons (Fsp3) is 0.222. The summed E-state index contributed by atoms with van der Waals surface area (Å²) in [6.45, 7) is 0.150. The Morgan fingerprint density at radius 1 is 0.923 bits per heavy atom. The molecule has 1 fully saturated rings. The maximum atomic E-state index is 12.7. The van der Waals surface area contributed by atoms with E-state index in [0.29, 0.717) is 45.8 Å². The predicted molar refractivity (Wildman–Crippen MR) is 98.0 cm³/mol. The van der Waals surface area contributed by atoms with Crippen LogP contribution in [0.1, 0.15) is 12.8 Å². The van der Waals surface area contributed by atoms with E-state index in [1.165, 1.54) is 0 Å². The number of fused-ring (bicyclic) bond motifs is 1. The third-order valence-corrected chi connectivity index (χ3v) is 5.08. The van der Waals surface area contributed by atoms with Gasteiger partial charge in [-0.3, -0.25) is 9.59 Å². The Hall–Kier alpha value is -2.44. The van der Waals surface area contributed by atoms with Crippen LogP contribution < -0.4 is 20.1 Å². The standard InChI is InChI=1S/C18H14Cl2N2O4/c19-11-2-1-3-12(20)15(11)22-17(24)18(6-7-18)16(23)21-10-4-5-13-14(8-10)26-9-25-13/h1-5,8H,6-7,9H2,(H,21,23)(H,22,24). The highest BCUT2D eigenvalue weighted by atomic mass is 35.5. The second-order valence-electron chi connectivity index (χ2n) is 6.16. The van der Waals surface area contributed by atoms with Crippen LogP contribution in [0.15, 0.2) is 36.4 Å². The number of halogens is 2. The molecule has 8 heteroatoms. The van der Waals surface area contributed by atoms with Gasteiger partial charge in [-0.1, -0.05) is 29.3 Å². The molecule has 0 saturated heterocycles. The Morgan fingerprint density at radius 3 is 2.27 bits per heavy atom. The van der Waals surface area contributed by atoms with Gasteiger partial charge in [0, 0.05) is 11.8 Å². The van der Waals surface area contributed by atoms with Gasteiger partial charge in [-0.2, -0.15) is 0 Å². The van der Waals surface area contributed by atoms with Gasteiger partial charge in [0.15, 0.2) is 11.5 Å². The number of anilines is 2. The summed E-state index contributed by atoms with van der Waals surface area (Å²) in [6, 6.07) is 9.99. The predicted octanol–water partition coefficient (Wildman–Crippen LogP) is 4.08. The van der Waals surface area contributed by atoms with Crippen molar-refractivity contribution in [3.05, 3.63) is 46.4 Å². The summed E-state index contributed by atoms with van der Waals surface area (Å²) in [4.78, 5) is 25.4. The maximum Gasteiger partial charge on any atom is 0.240 e. The van der Waals surface area contributed by atoms with Crippen LogP contribution in [-0.4, -0.2) is 18.6 Å². The molecule has 2 amide bonds. The Kier molecular flexibility index (Phi) is 4.17. The van der Waals surface area contributed by atoms with Gasteiger partial charge in [-0.15, -0.1) is 0 Å². The summed E-state index contributed by atoms with van der Waals surface area (Å²) in [5.41, 5.74) is -0.282. The first-order valence-corrected chi connectivity index (χ1v) is 8.72. The van der Waals surface area contributed by atoms with Gasteiger partial charge < -0.3 is 20.1 Å². The molecule has 6 nitrogen and oxygen atoms in total. The van der Waals surface area contributed by atoms with Crippen LogP contribution >= 0.6 is 23.2 Å². The number of amides is 2. The molecule has 2 N–H and O–H groups in total. The van der Waals surface area contributed by atoms with Gasteiger partial charge in [0.2, 0.25) is 18.6 Å². The Balaban J connectivity index is 1.49.